The third-order valence-electron chi connectivity index (χ3n) is 2.44. The number of anilines is 1. The van der Waals surface area contributed by atoms with Crippen LogP contribution in [0.3, 0.4) is 0 Å². The highest BCUT2D eigenvalue weighted by Gasteiger charge is 2.08. The molecule has 0 aliphatic rings. The van der Waals surface area contributed by atoms with Gasteiger partial charge in [0.2, 0.25) is 5.88 Å². The number of nitrogens with zero attached hydrogens (tertiary/aromatic N) is 3. The molecule has 1 aromatic heterocycles. The van der Waals surface area contributed by atoms with Crippen LogP contribution in [-0.4, -0.2) is 49.2 Å². The fourth-order valence-electron chi connectivity index (χ4n) is 1.54. The topological polar surface area (TPSA) is 50.3 Å². The maximum atomic E-state index is 5.69. The highest BCUT2D eigenvalue weighted by molar-refractivity contribution is 5.47. The van der Waals surface area contributed by atoms with Crippen molar-refractivity contribution in [3.8, 4) is 5.88 Å². The lowest BCUT2D eigenvalue weighted by atomic mass is 10.3. The van der Waals surface area contributed by atoms with E-state index in [4.69, 9.17) is 4.74 Å². The molecule has 0 fully saturated rings. The Bertz CT molecular complexity index is 366. The molecule has 0 aliphatic heterocycles. The normalized spacial score (nSPS) is 10.7. The molecule has 17 heavy (non-hydrogen) atoms. The number of ether oxygens (including phenoxy) is 1. The smallest absolute Gasteiger partial charge is 0.221 e. The van der Waals surface area contributed by atoms with E-state index >= 15 is 0 Å². The molecular formula is C12H22N4O. The monoisotopic (exact) mass is 238 g/mol. The van der Waals surface area contributed by atoms with E-state index in [-0.39, 0.29) is 0 Å². The van der Waals surface area contributed by atoms with Gasteiger partial charge in [-0.05, 0) is 34.4 Å². The number of rotatable bonds is 6. The molecule has 5 nitrogen and oxygen atoms in total. The molecule has 0 aliphatic carbocycles. The van der Waals surface area contributed by atoms with Crippen LogP contribution >= 0.6 is 0 Å². The predicted molar refractivity (Wildman–Crippen MR) is 69.7 cm³/mol. The third kappa shape index (κ3) is 4.19. The first kappa shape index (κ1) is 13.7. The Balaban J connectivity index is 2.61. The molecule has 0 bridgehead atoms. The number of hydrogen-bond acceptors (Lipinski definition) is 5. The van der Waals surface area contributed by atoms with Gasteiger partial charge in [0, 0.05) is 13.6 Å². The summed E-state index contributed by atoms with van der Waals surface area (Å²) >= 11 is 0. The van der Waals surface area contributed by atoms with Gasteiger partial charge >= 0.3 is 0 Å². The average Bonchev–Trinajstić information content (AvgIpc) is 2.28. The average molecular weight is 238 g/mol. The van der Waals surface area contributed by atoms with Crippen LogP contribution in [0.15, 0.2) is 0 Å². The Hall–Kier alpha value is -1.36. The number of aromatic nitrogens is 2. The minimum atomic E-state index is 0.679. The van der Waals surface area contributed by atoms with E-state index in [9.17, 15) is 0 Å². The number of aryl methyl sites for hydroxylation is 1. The lowest BCUT2D eigenvalue weighted by Crippen LogP contribution is -2.16. The molecule has 0 radical (unpaired) electrons. The van der Waals surface area contributed by atoms with Crippen molar-refractivity contribution in [3.63, 3.8) is 0 Å². The van der Waals surface area contributed by atoms with Crippen LogP contribution in [0.4, 0.5) is 5.82 Å². The number of nitrogens with one attached hydrogen (secondary N) is 1. The van der Waals surface area contributed by atoms with Crippen molar-refractivity contribution in [1.29, 1.82) is 0 Å². The van der Waals surface area contributed by atoms with Gasteiger partial charge in [-0.3, -0.25) is 0 Å². The van der Waals surface area contributed by atoms with E-state index in [1.54, 1.807) is 0 Å². The van der Waals surface area contributed by atoms with Crippen molar-refractivity contribution >= 4 is 5.82 Å². The molecule has 0 aromatic carbocycles. The Kier molecular flexibility index (Phi) is 5.15. The maximum Gasteiger partial charge on any atom is 0.221 e. The van der Waals surface area contributed by atoms with Gasteiger partial charge in [-0.25, -0.2) is 4.98 Å². The van der Waals surface area contributed by atoms with Crippen LogP contribution in [0, 0.1) is 13.8 Å². The van der Waals surface area contributed by atoms with Crippen molar-refractivity contribution in [2.24, 2.45) is 0 Å². The Labute approximate surface area is 103 Å². The second kappa shape index (κ2) is 6.39. The summed E-state index contributed by atoms with van der Waals surface area (Å²) in [4.78, 5) is 10.7. The molecule has 0 spiro atoms. The minimum Gasteiger partial charge on any atom is -0.477 e. The van der Waals surface area contributed by atoms with E-state index in [1.165, 1.54) is 0 Å². The van der Waals surface area contributed by atoms with E-state index in [0.717, 1.165) is 30.2 Å². The van der Waals surface area contributed by atoms with E-state index in [0.29, 0.717) is 12.5 Å². The molecule has 5 heteroatoms. The Morgan fingerprint density at radius 3 is 2.53 bits per heavy atom. The fourth-order valence-corrected chi connectivity index (χ4v) is 1.54. The standard InChI is InChI=1S/C12H22N4O/c1-9-11(13-3)14-10(2)15-12(9)17-8-6-7-16(4)5/h6-8H2,1-5H3,(H,13,14,15). The van der Waals surface area contributed by atoms with Crippen LogP contribution in [-0.2, 0) is 0 Å². The predicted octanol–water partition coefficient (Wildman–Crippen LogP) is 1.47. The first-order valence-electron chi connectivity index (χ1n) is 5.85. The van der Waals surface area contributed by atoms with Gasteiger partial charge in [0.25, 0.3) is 0 Å². The molecule has 0 saturated carbocycles. The van der Waals surface area contributed by atoms with Crippen molar-refractivity contribution < 1.29 is 4.74 Å². The van der Waals surface area contributed by atoms with Gasteiger partial charge < -0.3 is 15.0 Å². The number of hydrogen-bond donors (Lipinski definition) is 1. The molecule has 96 valence electrons. The Morgan fingerprint density at radius 2 is 1.94 bits per heavy atom. The molecule has 1 heterocycles. The molecule has 1 N–H and O–H groups in total. The van der Waals surface area contributed by atoms with Gasteiger partial charge in [0.1, 0.15) is 11.6 Å². The highest BCUT2D eigenvalue weighted by atomic mass is 16.5. The molecule has 1 rings (SSSR count). The van der Waals surface area contributed by atoms with Crippen LogP contribution in [0.1, 0.15) is 17.8 Å². The summed E-state index contributed by atoms with van der Waals surface area (Å²) in [5.41, 5.74) is 0.961. The van der Waals surface area contributed by atoms with Crippen LogP contribution < -0.4 is 10.1 Å². The van der Waals surface area contributed by atoms with Gasteiger partial charge in [-0.2, -0.15) is 4.98 Å². The SMILES string of the molecule is CNc1nc(C)nc(OCCCN(C)C)c1C. The van der Waals surface area contributed by atoms with Crippen LogP contribution in [0.2, 0.25) is 0 Å². The zero-order valence-electron chi connectivity index (χ0n) is 11.4. The molecular weight excluding hydrogens is 216 g/mol. The molecule has 0 unspecified atom stereocenters. The lowest BCUT2D eigenvalue weighted by Gasteiger charge is -2.13. The van der Waals surface area contributed by atoms with E-state index in [1.807, 2.05) is 20.9 Å². The largest absolute Gasteiger partial charge is 0.477 e. The quantitative estimate of drug-likeness (QED) is 0.760. The van der Waals surface area contributed by atoms with Crippen LogP contribution in [0.5, 0.6) is 5.88 Å². The summed E-state index contributed by atoms with van der Waals surface area (Å²) < 4.78 is 5.69. The van der Waals surface area contributed by atoms with E-state index < -0.39 is 0 Å². The van der Waals surface area contributed by atoms with Crippen molar-refractivity contribution in [2.45, 2.75) is 20.3 Å². The van der Waals surface area contributed by atoms with Gasteiger partial charge in [-0.1, -0.05) is 0 Å². The molecule has 1 aromatic rings. The second-order valence-electron chi connectivity index (χ2n) is 4.30. The summed E-state index contributed by atoms with van der Waals surface area (Å²) in [5, 5.41) is 3.05. The summed E-state index contributed by atoms with van der Waals surface area (Å²) in [5.74, 6) is 2.24. The summed E-state index contributed by atoms with van der Waals surface area (Å²) in [7, 11) is 5.96. The first-order valence-corrected chi connectivity index (χ1v) is 5.85. The summed E-state index contributed by atoms with van der Waals surface area (Å²) in [6.45, 7) is 5.53. The van der Waals surface area contributed by atoms with Gasteiger partial charge in [0.05, 0.1) is 12.2 Å². The highest BCUT2D eigenvalue weighted by Crippen LogP contribution is 2.21. The molecule has 0 saturated heterocycles. The lowest BCUT2D eigenvalue weighted by molar-refractivity contribution is 0.271. The molecule has 0 amide bonds. The zero-order valence-corrected chi connectivity index (χ0v) is 11.4. The minimum absolute atomic E-state index is 0.679. The van der Waals surface area contributed by atoms with Gasteiger partial charge in [0.15, 0.2) is 0 Å². The zero-order chi connectivity index (χ0) is 12.8. The fraction of sp³-hybridized carbons (Fsp3) is 0.667. The second-order valence-corrected chi connectivity index (χ2v) is 4.30. The molecule has 0 atom stereocenters. The summed E-state index contributed by atoms with van der Waals surface area (Å²) in [6.07, 6.45) is 0.990. The Morgan fingerprint density at radius 1 is 1.24 bits per heavy atom. The van der Waals surface area contributed by atoms with Crippen LogP contribution in [0.25, 0.3) is 0 Å². The first-order chi connectivity index (χ1) is 8.04. The van der Waals surface area contributed by atoms with Crippen molar-refractivity contribution in [2.75, 3.05) is 39.6 Å². The van der Waals surface area contributed by atoms with E-state index in [2.05, 4.69) is 34.3 Å². The maximum absolute atomic E-state index is 5.69. The van der Waals surface area contributed by atoms with Crippen molar-refractivity contribution in [3.05, 3.63) is 11.4 Å². The third-order valence-corrected chi connectivity index (χ3v) is 2.44. The summed E-state index contributed by atoms with van der Waals surface area (Å²) in [6, 6.07) is 0. The van der Waals surface area contributed by atoms with Gasteiger partial charge in [-0.15, -0.1) is 0 Å². The van der Waals surface area contributed by atoms with Crippen molar-refractivity contribution in [1.82, 2.24) is 14.9 Å².